The van der Waals surface area contributed by atoms with E-state index in [0.29, 0.717) is 0 Å². The van der Waals surface area contributed by atoms with E-state index in [4.69, 9.17) is 0 Å². The van der Waals surface area contributed by atoms with Gasteiger partial charge in [0.25, 0.3) is 0 Å². The normalized spacial score (nSPS) is 12.1. The molecular weight excluding hydrogens is 448 g/mol. The number of benzene rings is 5. The maximum Gasteiger partial charge on any atom is 0.224 e. The van der Waals surface area contributed by atoms with E-state index in [1.165, 1.54) is 76.8 Å². The lowest BCUT2D eigenvalue weighted by Gasteiger charge is -2.14. The van der Waals surface area contributed by atoms with Crippen LogP contribution < -0.4 is 4.57 Å². The minimum Gasteiger partial charge on any atom is -0.307 e. The molecule has 8 rings (SSSR count). The molecule has 2 heteroatoms. The molecule has 37 heavy (non-hydrogen) atoms. The first-order chi connectivity index (χ1) is 18.2. The van der Waals surface area contributed by atoms with Crippen LogP contribution in [-0.4, -0.2) is 4.40 Å². The first-order valence-electron chi connectivity index (χ1n) is 12.9. The zero-order chi connectivity index (χ0) is 24.7. The van der Waals surface area contributed by atoms with Gasteiger partial charge in [-0.15, -0.1) is 0 Å². The third-order valence-electron chi connectivity index (χ3n) is 8.05. The summed E-state index contributed by atoms with van der Waals surface area (Å²) in [6, 6.07) is 39.9. The van der Waals surface area contributed by atoms with Crippen molar-refractivity contribution in [1.82, 2.24) is 4.40 Å². The van der Waals surface area contributed by atoms with Crippen molar-refractivity contribution in [3.63, 3.8) is 0 Å². The van der Waals surface area contributed by atoms with E-state index in [9.17, 15) is 0 Å². The first-order valence-corrected chi connectivity index (χ1v) is 12.9. The fraction of sp³-hybridized carbons (Fsp3) is 0.0571. The number of aryl methyl sites for hydroxylation is 2. The highest BCUT2D eigenvalue weighted by Gasteiger charge is 2.25. The number of nitrogens with zero attached hydrogens (tertiary/aromatic N) is 2. The van der Waals surface area contributed by atoms with Crippen LogP contribution >= 0.6 is 0 Å². The van der Waals surface area contributed by atoms with Gasteiger partial charge in [-0.2, -0.15) is 0 Å². The Labute approximate surface area is 215 Å². The zero-order valence-electron chi connectivity index (χ0n) is 20.9. The van der Waals surface area contributed by atoms with Gasteiger partial charge in [-0.25, -0.2) is 4.57 Å². The molecule has 0 saturated carbocycles. The quantitative estimate of drug-likeness (QED) is 0.135. The Morgan fingerprint density at radius 3 is 2.14 bits per heavy atom. The van der Waals surface area contributed by atoms with Gasteiger partial charge in [-0.1, -0.05) is 84.9 Å². The summed E-state index contributed by atoms with van der Waals surface area (Å²) in [6.45, 7) is 2.25. The monoisotopic (exact) mass is 473 g/mol. The predicted molar refractivity (Wildman–Crippen MR) is 155 cm³/mol. The summed E-state index contributed by atoms with van der Waals surface area (Å²) in [5.74, 6) is 0. The molecule has 0 fully saturated rings. The molecule has 0 unspecified atom stereocenters. The minimum atomic E-state index is 1.24. The first kappa shape index (κ1) is 20.5. The maximum absolute atomic E-state index is 2.53. The standard InChI is InChI=1S/C35H25N2/c1-22-16-17-28-33-27(24-12-7-4-8-13-24)14-9-15-29(33)37-30-21-26(23-10-5-3-6-11-23)20-25-18-19-36(2)35(32(25)30)31(22)34(28)37/h3-21H,1-2H3/q+1. The highest BCUT2D eigenvalue weighted by Crippen LogP contribution is 2.44. The molecule has 0 amide bonds. The summed E-state index contributed by atoms with van der Waals surface area (Å²) in [5, 5.41) is 6.55. The molecule has 0 radical (unpaired) electrons. The van der Waals surface area contributed by atoms with E-state index >= 15 is 0 Å². The second-order valence-corrected chi connectivity index (χ2v) is 10.2. The third-order valence-corrected chi connectivity index (χ3v) is 8.05. The van der Waals surface area contributed by atoms with Crippen molar-refractivity contribution in [2.75, 3.05) is 0 Å². The van der Waals surface area contributed by atoms with Crippen molar-refractivity contribution in [1.29, 1.82) is 0 Å². The summed E-state index contributed by atoms with van der Waals surface area (Å²) in [4.78, 5) is 0. The van der Waals surface area contributed by atoms with Gasteiger partial charge in [0, 0.05) is 16.8 Å². The molecule has 174 valence electrons. The summed E-state index contributed by atoms with van der Waals surface area (Å²) in [5.41, 5.74) is 11.4. The molecule has 2 nitrogen and oxygen atoms in total. The van der Waals surface area contributed by atoms with Crippen LogP contribution in [-0.2, 0) is 7.05 Å². The molecule has 0 aliphatic carbocycles. The van der Waals surface area contributed by atoms with Crippen molar-refractivity contribution in [2.24, 2.45) is 7.05 Å². The molecule has 0 aliphatic heterocycles. The van der Waals surface area contributed by atoms with Gasteiger partial charge in [-0.05, 0) is 58.3 Å². The number of aromatic nitrogens is 2. The average Bonchev–Trinajstić information content (AvgIpc) is 3.29. The number of fused-ring (bicyclic) bond motifs is 5. The largest absolute Gasteiger partial charge is 0.307 e. The van der Waals surface area contributed by atoms with Gasteiger partial charge >= 0.3 is 0 Å². The van der Waals surface area contributed by atoms with E-state index in [1.54, 1.807) is 0 Å². The number of rotatable bonds is 2. The van der Waals surface area contributed by atoms with E-state index < -0.39 is 0 Å². The lowest BCUT2D eigenvalue weighted by molar-refractivity contribution is -0.643. The summed E-state index contributed by atoms with van der Waals surface area (Å²) in [7, 11) is 2.18. The minimum absolute atomic E-state index is 1.24. The van der Waals surface area contributed by atoms with Crippen LogP contribution in [0.15, 0.2) is 115 Å². The van der Waals surface area contributed by atoms with Gasteiger partial charge in [0.05, 0.1) is 27.3 Å². The van der Waals surface area contributed by atoms with Crippen LogP contribution in [0.3, 0.4) is 0 Å². The Kier molecular flexibility index (Phi) is 4.10. The molecule has 0 spiro atoms. The van der Waals surface area contributed by atoms with Crippen LogP contribution in [0, 0.1) is 6.92 Å². The van der Waals surface area contributed by atoms with Crippen molar-refractivity contribution in [2.45, 2.75) is 6.92 Å². The van der Waals surface area contributed by atoms with Crippen molar-refractivity contribution >= 4 is 49.0 Å². The van der Waals surface area contributed by atoms with Gasteiger partial charge in [0.2, 0.25) is 5.52 Å². The van der Waals surface area contributed by atoms with Gasteiger partial charge in [0.1, 0.15) is 7.05 Å². The Hall–Kier alpha value is -4.69. The van der Waals surface area contributed by atoms with E-state index in [2.05, 4.69) is 138 Å². The molecule has 0 bridgehead atoms. The molecule has 5 aromatic carbocycles. The Bertz CT molecular complexity index is 2130. The van der Waals surface area contributed by atoms with Gasteiger partial charge in [0.15, 0.2) is 6.20 Å². The van der Waals surface area contributed by atoms with E-state index in [0.717, 1.165) is 0 Å². The number of hydrogen-bond acceptors (Lipinski definition) is 0. The highest BCUT2D eigenvalue weighted by atomic mass is 15.0. The molecule has 0 N–H and O–H groups in total. The molecule has 0 aliphatic rings. The molecule has 3 aromatic heterocycles. The van der Waals surface area contributed by atoms with E-state index in [1.807, 2.05) is 0 Å². The third kappa shape index (κ3) is 2.73. The summed E-state index contributed by atoms with van der Waals surface area (Å²) < 4.78 is 4.83. The van der Waals surface area contributed by atoms with E-state index in [-0.39, 0.29) is 0 Å². The zero-order valence-corrected chi connectivity index (χ0v) is 20.9. The Balaban J connectivity index is 1.68. The molecule has 3 heterocycles. The fourth-order valence-electron chi connectivity index (χ4n) is 6.42. The van der Waals surface area contributed by atoms with Crippen LogP contribution in [0.1, 0.15) is 5.56 Å². The molecule has 8 aromatic rings. The number of pyridine rings is 2. The molecular formula is C35H25N2+. The number of hydrogen-bond donors (Lipinski definition) is 0. The van der Waals surface area contributed by atoms with Crippen LogP contribution in [0.4, 0.5) is 0 Å². The second kappa shape index (κ2) is 7.41. The van der Waals surface area contributed by atoms with Crippen LogP contribution in [0.2, 0.25) is 0 Å². The van der Waals surface area contributed by atoms with Gasteiger partial charge in [-0.3, -0.25) is 0 Å². The van der Waals surface area contributed by atoms with Gasteiger partial charge < -0.3 is 4.40 Å². The molecule has 0 saturated heterocycles. The van der Waals surface area contributed by atoms with Crippen LogP contribution in [0.5, 0.6) is 0 Å². The second-order valence-electron chi connectivity index (χ2n) is 10.2. The highest BCUT2D eigenvalue weighted by molar-refractivity contribution is 6.28. The summed E-state index contributed by atoms with van der Waals surface area (Å²) in [6.07, 6.45) is 2.21. The topological polar surface area (TPSA) is 8.29 Å². The maximum atomic E-state index is 2.53. The SMILES string of the molecule is Cc1ccc2c3c(-c4ccccc4)cccc3n3c4cc(-c5ccccc5)cc5cc[n+](C)c(c1c23)c54. The average molecular weight is 474 g/mol. The molecule has 0 atom stereocenters. The Morgan fingerprint density at radius 2 is 1.35 bits per heavy atom. The lowest BCUT2D eigenvalue weighted by Crippen LogP contribution is -2.28. The van der Waals surface area contributed by atoms with Crippen molar-refractivity contribution in [3.8, 4) is 22.3 Å². The van der Waals surface area contributed by atoms with Crippen molar-refractivity contribution in [3.05, 3.63) is 121 Å². The van der Waals surface area contributed by atoms with Crippen LogP contribution in [0.25, 0.3) is 71.3 Å². The van der Waals surface area contributed by atoms with Crippen molar-refractivity contribution < 1.29 is 4.57 Å². The smallest absolute Gasteiger partial charge is 0.224 e. The lowest BCUT2D eigenvalue weighted by atomic mass is 9.95. The fourth-order valence-corrected chi connectivity index (χ4v) is 6.42. The summed E-state index contributed by atoms with van der Waals surface area (Å²) >= 11 is 0. The Morgan fingerprint density at radius 1 is 0.595 bits per heavy atom. The predicted octanol–water partition coefficient (Wildman–Crippen LogP) is 8.46.